The number of amides is 3. The number of benzene rings is 3. The number of anilines is 2. The molecule has 0 saturated carbocycles. The zero-order valence-electron chi connectivity index (χ0n) is 20.4. The Morgan fingerprint density at radius 2 is 1.86 bits per heavy atom. The Morgan fingerprint density at radius 3 is 2.65 bits per heavy atom. The van der Waals surface area contributed by atoms with Gasteiger partial charge in [0.2, 0.25) is 5.91 Å². The molecule has 0 saturated heterocycles. The smallest absolute Gasteiger partial charge is 0.264 e. The molecule has 0 bridgehead atoms. The van der Waals surface area contributed by atoms with Crippen LogP contribution in [-0.2, 0) is 4.79 Å². The van der Waals surface area contributed by atoms with Gasteiger partial charge in [-0.1, -0.05) is 18.2 Å². The monoisotopic (exact) mass is 497 g/mol. The molecule has 10 heteroatoms. The van der Waals surface area contributed by atoms with E-state index in [1.807, 2.05) is 13.0 Å². The Bertz CT molecular complexity index is 1610. The molecule has 10 nitrogen and oxygen atoms in total. The molecule has 0 radical (unpaired) electrons. The predicted octanol–water partition coefficient (Wildman–Crippen LogP) is 3.64. The lowest BCUT2D eigenvalue weighted by molar-refractivity contribution is -0.117. The number of aryl methyl sites for hydroxylation is 1. The van der Waals surface area contributed by atoms with E-state index < -0.39 is 12.1 Å². The molecule has 37 heavy (non-hydrogen) atoms. The fraction of sp³-hybridized carbons (Fsp3) is 0.185. The average molecular weight is 498 g/mol. The first-order chi connectivity index (χ1) is 17.9. The topological polar surface area (TPSA) is 117 Å². The van der Waals surface area contributed by atoms with Crippen molar-refractivity contribution in [3.63, 3.8) is 0 Å². The largest absolute Gasteiger partial charge is 0.493 e. The van der Waals surface area contributed by atoms with Crippen LogP contribution < -0.4 is 19.7 Å². The van der Waals surface area contributed by atoms with Crippen molar-refractivity contribution in [3.05, 3.63) is 77.1 Å². The van der Waals surface area contributed by atoms with Gasteiger partial charge in [-0.2, -0.15) is 0 Å². The van der Waals surface area contributed by atoms with Crippen LogP contribution in [0.3, 0.4) is 0 Å². The fourth-order valence-corrected chi connectivity index (χ4v) is 5.16. The number of hydrogen-bond donors (Lipinski definition) is 2. The van der Waals surface area contributed by atoms with Crippen LogP contribution in [0.5, 0.6) is 11.5 Å². The number of hydrogen-bond acceptors (Lipinski definition) is 6. The summed E-state index contributed by atoms with van der Waals surface area (Å²) in [6.07, 6.45) is -0.812. The number of imidazole rings is 1. The molecule has 2 aliphatic heterocycles. The van der Waals surface area contributed by atoms with E-state index in [1.165, 1.54) is 24.0 Å². The summed E-state index contributed by atoms with van der Waals surface area (Å²) in [5.74, 6) is 0.389. The van der Waals surface area contributed by atoms with E-state index in [1.54, 1.807) is 48.5 Å². The number of carbonyl (C=O) groups excluding carboxylic acids is 3. The van der Waals surface area contributed by atoms with Crippen LogP contribution in [0.1, 0.15) is 38.3 Å². The normalized spacial score (nSPS) is 15.9. The number of methoxy groups -OCH3 is 2. The average Bonchev–Trinajstić information content (AvgIpc) is 3.42. The lowest BCUT2D eigenvalue weighted by Crippen LogP contribution is -2.50. The summed E-state index contributed by atoms with van der Waals surface area (Å²) in [5.41, 5.74) is 3.84. The van der Waals surface area contributed by atoms with Crippen molar-refractivity contribution in [3.8, 4) is 11.5 Å². The van der Waals surface area contributed by atoms with Crippen LogP contribution in [-0.4, -0.2) is 53.4 Å². The summed E-state index contributed by atoms with van der Waals surface area (Å²) in [7, 11) is 2.96. The highest BCUT2D eigenvalue weighted by Crippen LogP contribution is 2.49. The number of fused-ring (bicyclic) bond motifs is 6. The number of nitrogens with zero attached hydrogens (tertiary/aromatic N) is 3. The van der Waals surface area contributed by atoms with Gasteiger partial charge in [-0.3, -0.25) is 19.3 Å². The minimum atomic E-state index is -0.812. The first kappa shape index (κ1) is 22.6. The van der Waals surface area contributed by atoms with E-state index in [2.05, 4.69) is 15.3 Å². The maximum atomic E-state index is 13.7. The van der Waals surface area contributed by atoms with Gasteiger partial charge >= 0.3 is 0 Å². The summed E-state index contributed by atoms with van der Waals surface area (Å²) in [5, 5.41) is 2.86. The van der Waals surface area contributed by atoms with Gasteiger partial charge in [-0.15, -0.1) is 0 Å². The van der Waals surface area contributed by atoms with Gasteiger partial charge in [0.1, 0.15) is 18.5 Å². The second kappa shape index (κ2) is 8.37. The molecule has 186 valence electrons. The molecular weight excluding hydrogens is 474 g/mol. The van der Waals surface area contributed by atoms with E-state index in [-0.39, 0.29) is 24.1 Å². The highest BCUT2D eigenvalue weighted by atomic mass is 16.5. The Kier molecular flexibility index (Phi) is 5.11. The number of rotatable bonds is 5. The van der Waals surface area contributed by atoms with Crippen LogP contribution in [0, 0.1) is 6.92 Å². The van der Waals surface area contributed by atoms with Crippen LogP contribution in [0.4, 0.5) is 11.4 Å². The molecule has 0 fully saturated rings. The summed E-state index contributed by atoms with van der Waals surface area (Å²) in [4.78, 5) is 51.1. The Balaban J connectivity index is 1.39. The van der Waals surface area contributed by atoms with E-state index in [4.69, 9.17) is 9.47 Å². The SMILES string of the molecule is COc1ccc2c(c1OC)C(=O)N1c3ccccc3C(=O)N(CC(=O)Nc3ccc4nc(C)[nH]c4c3)[C@@H]21. The number of nitrogens with one attached hydrogen (secondary N) is 2. The standard InChI is InChI=1S/C27H23N5O5/c1-14-28-18-10-8-15(12-19(18)29-14)30-22(33)13-31-25-17-9-11-21(36-2)24(37-3)23(17)27(35)32(25)20-7-5-4-6-16(20)26(31)34/h4-12,25H,13H2,1-3H3,(H,28,29)(H,30,33)/t25-/m1/s1. The second-order valence-electron chi connectivity index (χ2n) is 8.87. The predicted molar refractivity (Wildman–Crippen MR) is 136 cm³/mol. The number of carbonyl (C=O) groups is 3. The Morgan fingerprint density at radius 1 is 1.05 bits per heavy atom. The molecule has 4 aromatic rings. The quantitative estimate of drug-likeness (QED) is 0.435. The summed E-state index contributed by atoms with van der Waals surface area (Å²) in [6.45, 7) is 1.59. The number of para-hydroxylation sites is 1. The van der Waals surface area contributed by atoms with E-state index in [0.29, 0.717) is 33.8 Å². The van der Waals surface area contributed by atoms with Crippen LogP contribution in [0.25, 0.3) is 11.0 Å². The highest BCUT2D eigenvalue weighted by molar-refractivity contribution is 6.18. The molecule has 3 heterocycles. The van der Waals surface area contributed by atoms with Crippen molar-refractivity contribution < 1.29 is 23.9 Å². The maximum Gasteiger partial charge on any atom is 0.264 e. The van der Waals surface area contributed by atoms with Crippen molar-refractivity contribution in [1.82, 2.24) is 14.9 Å². The Hall–Kier alpha value is -4.86. The van der Waals surface area contributed by atoms with Crippen molar-refractivity contribution in [1.29, 1.82) is 0 Å². The highest BCUT2D eigenvalue weighted by Gasteiger charge is 2.50. The zero-order valence-corrected chi connectivity index (χ0v) is 20.4. The summed E-state index contributed by atoms with van der Waals surface area (Å²) >= 11 is 0. The van der Waals surface area contributed by atoms with Gasteiger partial charge in [-0.25, -0.2) is 4.98 Å². The van der Waals surface area contributed by atoms with Gasteiger partial charge < -0.3 is 24.7 Å². The minimum absolute atomic E-state index is 0.268. The molecule has 0 unspecified atom stereocenters. The van der Waals surface area contributed by atoms with Crippen molar-refractivity contribution >= 4 is 40.1 Å². The van der Waals surface area contributed by atoms with Crippen molar-refractivity contribution in [2.75, 3.05) is 31.0 Å². The van der Waals surface area contributed by atoms with Gasteiger partial charge in [-0.05, 0) is 43.3 Å². The molecule has 3 amide bonds. The summed E-state index contributed by atoms with van der Waals surface area (Å²) < 4.78 is 10.9. The van der Waals surface area contributed by atoms with E-state index in [0.717, 1.165) is 16.9 Å². The number of ether oxygens (including phenoxy) is 2. The maximum absolute atomic E-state index is 13.7. The molecule has 1 atom stereocenters. The zero-order chi connectivity index (χ0) is 25.8. The third-order valence-electron chi connectivity index (χ3n) is 6.68. The van der Waals surface area contributed by atoms with Gasteiger partial charge in [0.25, 0.3) is 11.8 Å². The third-order valence-corrected chi connectivity index (χ3v) is 6.68. The molecule has 2 aliphatic rings. The molecular formula is C27H23N5O5. The summed E-state index contributed by atoms with van der Waals surface area (Å²) in [6, 6.07) is 15.7. The fourth-order valence-electron chi connectivity index (χ4n) is 5.16. The molecule has 1 aromatic heterocycles. The van der Waals surface area contributed by atoms with E-state index in [9.17, 15) is 14.4 Å². The van der Waals surface area contributed by atoms with Gasteiger partial charge in [0, 0.05) is 11.3 Å². The first-order valence-corrected chi connectivity index (χ1v) is 11.7. The minimum Gasteiger partial charge on any atom is -0.493 e. The van der Waals surface area contributed by atoms with Gasteiger partial charge in [0.05, 0.1) is 42.1 Å². The van der Waals surface area contributed by atoms with Crippen LogP contribution in [0.2, 0.25) is 0 Å². The third kappa shape index (κ3) is 3.40. The first-order valence-electron chi connectivity index (χ1n) is 11.7. The molecule has 6 rings (SSSR count). The Labute approximate surface area is 211 Å². The molecule has 3 aromatic carbocycles. The molecule has 2 N–H and O–H groups in total. The lowest BCUT2D eigenvalue weighted by Gasteiger charge is -2.40. The number of aromatic amines is 1. The molecule has 0 spiro atoms. The van der Waals surface area contributed by atoms with Crippen LogP contribution >= 0.6 is 0 Å². The lowest BCUT2D eigenvalue weighted by atomic mass is 10.0. The number of H-pyrrole nitrogens is 1. The number of aromatic nitrogens is 2. The second-order valence-corrected chi connectivity index (χ2v) is 8.87. The van der Waals surface area contributed by atoms with Crippen LogP contribution in [0.15, 0.2) is 54.6 Å². The van der Waals surface area contributed by atoms with Gasteiger partial charge in [0.15, 0.2) is 11.5 Å². The van der Waals surface area contributed by atoms with Crippen molar-refractivity contribution in [2.24, 2.45) is 0 Å². The molecule has 0 aliphatic carbocycles. The van der Waals surface area contributed by atoms with E-state index >= 15 is 0 Å². The van der Waals surface area contributed by atoms with Crippen molar-refractivity contribution in [2.45, 2.75) is 13.1 Å².